The van der Waals surface area contributed by atoms with Crippen LogP contribution in [0.25, 0.3) is 22.0 Å². The molecular weight excluding hydrogens is 456 g/mol. The number of pyridine rings is 1. The maximum absolute atomic E-state index is 14.0. The third-order valence-corrected chi connectivity index (χ3v) is 5.51. The van der Waals surface area contributed by atoms with E-state index in [0.29, 0.717) is 27.4 Å². The van der Waals surface area contributed by atoms with E-state index in [1.54, 1.807) is 31.3 Å². The summed E-state index contributed by atoms with van der Waals surface area (Å²) in [5, 5.41) is 10.5. The molecule has 0 saturated heterocycles. The molecule has 0 spiro atoms. The Morgan fingerprint density at radius 3 is 2.62 bits per heavy atom. The molecule has 0 radical (unpaired) electrons. The van der Waals surface area contributed by atoms with Crippen molar-refractivity contribution in [2.45, 2.75) is 6.54 Å². The van der Waals surface area contributed by atoms with Crippen molar-refractivity contribution < 1.29 is 19.1 Å². The van der Waals surface area contributed by atoms with E-state index in [0.717, 1.165) is 10.9 Å². The van der Waals surface area contributed by atoms with Crippen LogP contribution >= 0.6 is 23.2 Å². The molecule has 0 aliphatic heterocycles. The maximum Gasteiger partial charge on any atom is 0.356 e. The van der Waals surface area contributed by atoms with E-state index < -0.39 is 11.8 Å². The van der Waals surface area contributed by atoms with E-state index in [9.17, 15) is 14.0 Å². The predicted octanol–water partition coefficient (Wildman–Crippen LogP) is 5.65. The van der Waals surface area contributed by atoms with Gasteiger partial charge in [-0.3, -0.25) is 4.79 Å². The summed E-state index contributed by atoms with van der Waals surface area (Å²) in [6.45, 7) is 0.0976. The Bertz CT molecular complexity index is 1370. The second-order valence-electron chi connectivity index (χ2n) is 7.24. The second kappa shape index (κ2) is 8.61. The van der Waals surface area contributed by atoms with Gasteiger partial charge in [0.1, 0.15) is 11.5 Å². The molecule has 1 amide bonds. The Morgan fingerprint density at radius 1 is 1.12 bits per heavy atom. The van der Waals surface area contributed by atoms with Crippen LogP contribution < -0.4 is 0 Å². The minimum Gasteiger partial charge on any atom is -0.476 e. The summed E-state index contributed by atoms with van der Waals surface area (Å²) in [4.78, 5) is 32.5. The third kappa shape index (κ3) is 4.30. The fourth-order valence-electron chi connectivity index (χ4n) is 3.46. The highest BCUT2D eigenvalue weighted by Crippen LogP contribution is 2.29. The van der Waals surface area contributed by atoms with E-state index >= 15 is 0 Å². The van der Waals surface area contributed by atoms with Crippen LogP contribution in [0.15, 0.2) is 54.7 Å². The number of carboxylic acid groups (broad SMARTS) is 1. The van der Waals surface area contributed by atoms with Gasteiger partial charge in [0.2, 0.25) is 0 Å². The zero-order valence-corrected chi connectivity index (χ0v) is 18.2. The Labute approximate surface area is 192 Å². The topological polar surface area (TPSA) is 86.3 Å². The van der Waals surface area contributed by atoms with Gasteiger partial charge in [0.25, 0.3) is 5.91 Å². The number of benzene rings is 2. The largest absolute Gasteiger partial charge is 0.476 e. The summed E-state index contributed by atoms with van der Waals surface area (Å²) in [5.74, 6) is -2.00. The summed E-state index contributed by atoms with van der Waals surface area (Å²) in [6.07, 6.45) is 1.36. The van der Waals surface area contributed by atoms with E-state index in [-0.39, 0.29) is 23.2 Å². The number of rotatable bonds is 5. The smallest absolute Gasteiger partial charge is 0.356 e. The summed E-state index contributed by atoms with van der Waals surface area (Å²) in [7, 11) is 1.61. The Kier molecular flexibility index (Phi) is 5.86. The third-order valence-electron chi connectivity index (χ3n) is 4.99. The van der Waals surface area contributed by atoms with Crippen LogP contribution in [0.5, 0.6) is 0 Å². The van der Waals surface area contributed by atoms with Gasteiger partial charge in [-0.25, -0.2) is 14.2 Å². The molecule has 0 aliphatic carbocycles. The lowest BCUT2D eigenvalue weighted by atomic mass is 10.00. The van der Waals surface area contributed by atoms with Crippen molar-refractivity contribution in [1.29, 1.82) is 0 Å². The minimum absolute atomic E-state index is 0.0357. The lowest BCUT2D eigenvalue weighted by Crippen LogP contribution is -2.26. The fourth-order valence-corrected chi connectivity index (χ4v) is 3.88. The van der Waals surface area contributed by atoms with Gasteiger partial charge in [0.05, 0.1) is 5.02 Å². The Morgan fingerprint density at radius 2 is 1.91 bits per heavy atom. The Balaban J connectivity index is 1.65. The predicted molar refractivity (Wildman–Crippen MR) is 121 cm³/mol. The zero-order chi connectivity index (χ0) is 23.0. The molecule has 0 fully saturated rings. The number of H-pyrrole nitrogens is 1. The van der Waals surface area contributed by atoms with Gasteiger partial charge in [-0.05, 0) is 47.5 Å². The first-order valence-electron chi connectivity index (χ1n) is 9.44. The monoisotopic (exact) mass is 471 g/mol. The van der Waals surface area contributed by atoms with Crippen molar-refractivity contribution in [3.63, 3.8) is 0 Å². The number of aromatic carboxylic acids is 1. The lowest BCUT2D eigenvalue weighted by Gasteiger charge is -2.19. The molecular formula is C23H16Cl2FN3O3. The van der Waals surface area contributed by atoms with Crippen LogP contribution in [-0.2, 0) is 6.54 Å². The highest BCUT2D eigenvalue weighted by molar-refractivity contribution is 6.33. The number of amides is 1. The first-order valence-corrected chi connectivity index (χ1v) is 10.2. The first kappa shape index (κ1) is 21.8. The van der Waals surface area contributed by atoms with Crippen molar-refractivity contribution in [2.24, 2.45) is 0 Å². The summed E-state index contributed by atoms with van der Waals surface area (Å²) >= 11 is 12.1. The molecule has 0 unspecified atom stereocenters. The molecule has 2 aromatic carbocycles. The number of carbonyl (C=O) groups excluding carboxylic acids is 1. The zero-order valence-electron chi connectivity index (χ0n) is 16.7. The molecule has 0 saturated carbocycles. The van der Waals surface area contributed by atoms with Crippen LogP contribution in [0.4, 0.5) is 4.39 Å². The number of nitrogens with one attached hydrogen (secondary N) is 1. The summed E-state index contributed by atoms with van der Waals surface area (Å²) in [5.41, 5.74) is 2.45. The van der Waals surface area contributed by atoms with Crippen molar-refractivity contribution in [3.05, 3.63) is 87.5 Å². The average molecular weight is 472 g/mol. The quantitative estimate of drug-likeness (QED) is 0.393. The molecule has 2 N–H and O–H groups in total. The molecule has 0 aliphatic rings. The lowest BCUT2D eigenvalue weighted by molar-refractivity contribution is 0.0690. The van der Waals surface area contributed by atoms with Crippen LogP contribution in [0.1, 0.15) is 26.5 Å². The molecule has 9 heteroatoms. The number of hydrogen-bond donors (Lipinski definition) is 2. The number of aromatic nitrogens is 2. The Hall–Kier alpha value is -3.42. The minimum atomic E-state index is -1.24. The molecule has 4 aromatic rings. The van der Waals surface area contributed by atoms with E-state index in [1.807, 2.05) is 6.07 Å². The van der Waals surface area contributed by atoms with Crippen LogP contribution in [0.3, 0.4) is 0 Å². The number of fused-ring (bicyclic) bond motifs is 1. The van der Waals surface area contributed by atoms with Crippen molar-refractivity contribution in [1.82, 2.24) is 14.9 Å². The molecule has 0 atom stereocenters. The molecule has 2 aromatic heterocycles. The van der Waals surface area contributed by atoms with Gasteiger partial charge in [0.15, 0.2) is 5.69 Å². The van der Waals surface area contributed by atoms with Crippen LogP contribution in [0, 0.1) is 5.82 Å². The molecule has 6 nitrogen and oxygen atoms in total. The van der Waals surface area contributed by atoms with E-state index in [2.05, 4.69) is 9.97 Å². The second-order valence-corrected chi connectivity index (χ2v) is 8.08. The maximum atomic E-state index is 14.0. The van der Waals surface area contributed by atoms with Crippen molar-refractivity contribution in [3.8, 4) is 11.1 Å². The van der Waals surface area contributed by atoms with Crippen LogP contribution in [-0.4, -0.2) is 38.9 Å². The normalized spacial score (nSPS) is 11.0. The fraction of sp³-hybridized carbons (Fsp3) is 0.0870. The number of carboxylic acids is 1. The van der Waals surface area contributed by atoms with Crippen molar-refractivity contribution >= 4 is 46.0 Å². The summed E-state index contributed by atoms with van der Waals surface area (Å²) in [6, 6.07) is 12.6. The molecule has 0 bridgehead atoms. The molecule has 32 heavy (non-hydrogen) atoms. The van der Waals surface area contributed by atoms with Gasteiger partial charge < -0.3 is 15.0 Å². The SMILES string of the molecule is CN(Cc1cc(F)ccc1-c1cnc(C(=O)O)c(Cl)c1)C(=O)c1cc2ccc(Cl)cc2[nH]1. The van der Waals surface area contributed by atoms with Gasteiger partial charge in [-0.15, -0.1) is 0 Å². The molecule has 4 rings (SSSR count). The summed E-state index contributed by atoms with van der Waals surface area (Å²) < 4.78 is 14.0. The molecule has 162 valence electrons. The average Bonchev–Trinajstić information content (AvgIpc) is 3.16. The van der Waals surface area contributed by atoms with Gasteiger partial charge in [-0.2, -0.15) is 0 Å². The number of hydrogen-bond acceptors (Lipinski definition) is 3. The van der Waals surface area contributed by atoms with Gasteiger partial charge in [-0.1, -0.05) is 35.3 Å². The molecule has 2 heterocycles. The van der Waals surface area contributed by atoms with E-state index in [4.69, 9.17) is 28.3 Å². The van der Waals surface area contributed by atoms with Gasteiger partial charge in [0, 0.05) is 41.3 Å². The number of aromatic amines is 1. The van der Waals surface area contributed by atoms with Gasteiger partial charge >= 0.3 is 5.97 Å². The van der Waals surface area contributed by atoms with E-state index in [1.165, 1.54) is 29.3 Å². The first-order chi connectivity index (χ1) is 15.2. The number of halogens is 3. The number of nitrogens with zero attached hydrogens (tertiary/aromatic N) is 2. The highest BCUT2D eigenvalue weighted by atomic mass is 35.5. The van der Waals surface area contributed by atoms with Crippen LogP contribution in [0.2, 0.25) is 10.0 Å². The number of carbonyl (C=O) groups is 2. The standard InChI is InChI=1S/C23H16Cl2FN3O3/c1-29(22(30)20-8-12-2-3-15(24)9-19(12)28-20)11-14-6-16(26)4-5-17(14)13-7-18(25)21(23(31)32)27-10-13/h2-10,28H,11H2,1H3,(H,31,32). The van der Waals surface area contributed by atoms with Crippen molar-refractivity contribution in [2.75, 3.05) is 7.05 Å². The highest BCUT2D eigenvalue weighted by Gasteiger charge is 2.18.